The number of benzene rings is 3. The van der Waals surface area contributed by atoms with E-state index in [9.17, 15) is 29.8 Å². The number of rotatable bonds is 12. The Morgan fingerprint density at radius 1 is 1.02 bits per heavy atom. The predicted molar refractivity (Wildman–Crippen MR) is 165 cm³/mol. The molecule has 0 radical (unpaired) electrons. The van der Waals surface area contributed by atoms with Crippen LogP contribution in [0, 0.1) is 20.2 Å². The van der Waals surface area contributed by atoms with E-state index in [0.717, 1.165) is 18.2 Å². The molecular formula is C29H26N6O9S. The van der Waals surface area contributed by atoms with Crippen LogP contribution < -0.4 is 25.5 Å². The highest BCUT2D eigenvalue weighted by Crippen LogP contribution is 2.36. The zero-order valence-electron chi connectivity index (χ0n) is 23.8. The zero-order valence-corrected chi connectivity index (χ0v) is 24.7. The third-order valence-electron chi connectivity index (χ3n) is 6.24. The third kappa shape index (κ3) is 7.94. The van der Waals surface area contributed by atoms with Gasteiger partial charge in [0.15, 0.2) is 11.7 Å². The Kier molecular flexibility index (Phi) is 10.3. The molecule has 1 heterocycles. The number of non-ortho nitro benzene ring substituents is 1. The van der Waals surface area contributed by atoms with Gasteiger partial charge in [-0.25, -0.2) is 10.2 Å². The molecule has 0 aliphatic carbocycles. The van der Waals surface area contributed by atoms with Crippen molar-refractivity contribution in [1.82, 2.24) is 16.1 Å². The number of nitro groups is 2. The first-order chi connectivity index (χ1) is 21.6. The number of carbonyl (C=O) groups is 2. The van der Waals surface area contributed by atoms with Crippen molar-refractivity contribution in [3.8, 4) is 17.2 Å². The zero-order chi connectivity index (χ0) is 32.5. The number of nitrogens with zero attached hydrogens (tertiary/aromatic N) is 3. The summed E-state index contributed by atoms with van der Waals surface area (Å²) < 4.78 is 16.7. The van der Waals surface area contributed by atoms with Crippen LogP contribution in [0.3, 0.4) is 0 Å². The molecule has 3 aromatic rings. The fourth-order valence-electron chi connectivity index (χ4n) is 4.25. The van der Waals surface area contributed by atoms with E-state index in [1.165, 1.54) is 12.3 Å². The lowest BCUT2D eigenvalue weighted by Gasteiger charge is -2.30. The lowest BCUT2D eigenvalue weighted by Crippen LogP contribution is -2.45. The van der Waals surface area contributed by atoms with E-state index < -0.39 is 45.7 Å². The normalized spacial score (nSPS) is 14.3. The highest BCUT2D eigenvalue weighted by atomic mass is 32.1. The second kappa shape index (κ2) is 14.5. The van der Waals surface area contributed by atoms with Crippen LogP contribution in [0.1, 0.15) is 31.0 Å². The Morgan fingerprint density at radius 3 is 2.44 bits per heavy atom. The molecule has 16 heteroatoms. The maximum absolute atomic E-state index is 12.7. The van der Waals surface area contributed by atoms with Gasteiger partial charge >= 0.3 is 11.7 Å². The van der Waals surface area contributed by atoms with Crippen molar-refractivity contribution in [2.75, 3.05) is 13.2 Å². The lowest BCUT2D eigenvalue weighted by molar-refractivity contribution is -0.394. The number of nitrogens with one attached hydrogen (secondary N) is 3. The molecule has 1 amide bonds. The average Bonchev–Trinajstić information content (AvgIpc) is 3.00. The van der Waals surface area contributed by atoms with E-state index in [4.69, 9.17) is 26.4 Å². The molecule has 232 valence electrons. The van der Waals surface area contributed by atoms with Crippen LogP contribution in [-0.4, -0.2) is 46.3 Å². The molecule has 1 aliphatic heterocycles. The highest BCUT2D eigenvalue weighted by Gasteiger charge is 2.32. The number of hydrazone groups is 1. The van der Waals surface area contributed by atoms with Crippen LogP contribution in [0.15, 0.2) is 83.1 Å². The van der Waals surface area contributed by atoms with Gasteiger partial charge in [0.2, 0.25) is 5.75 Å². The first-order valence-electron chi connectivity index (χ1n) is 13.3. The molecule has 4 rings (SSSR count). The molecule has 3 N–H and O–H groups in total. The van der Waals surface area contributed by atoms with E-state index >= 15 is 0 Å². The summed E-state index contributed by atoms with van der Waals surface area (Å²) in [6, 6.07) is 15.5. The summed E-state index contributed by atoms with van der Waals surface area (Å²) in [7, 11) is 0. The monoisotopic (exact) mass is 634 g/mol. The minimum Gasteiger partial charge on any atom is -0.483 e. The van der Waals surface area contributed by atoms with E-state index in [1.807, 2.05) is 0 Å². The SMILES string of the molecule is CCOC(=O)C1=C(C)NC(=S)N[C@@H]1c1ccccc1OCC(=O)NN=Cc1ccccc1Oc1ccc([N+](=O)[O-])cc1[N+](=O)[O-]. The van der Waals surface area contributed by atoms with Gasteiger partial charge in [-0.05, 0) is 50.3 Å². The van der Waals surface area contributed by atoms with Gasteiger partial charge in [-0.15, -0.1) is 0 Å². The fourth-order valence-corrected chi connectivity index (χ4v) is 4.52. The summed E-state index contributed by atoms with van der Waals surface area (Å²) in [5.41, 5.74) is 3.01. The van der Waals surface area contributed by atoms with E-state index in [0.29, 0.717) is 33.3 Å². The molecule has 0 aromatic heterocycles. The molecule has 0 saturated heterocycles. The van der Waals surface area contributed by atoms with Gasteiger partial charge in [-0.2, -0.15) is 5.10 Å². The van der Waals surface area contributed by atoms with Crippen LogP contribution in [0.25, 0.3) is 0 Å². The van der Waals surface area contributed by atoms with Crippen LogP contribution >= 0.6 is 12.2 Å². The molecule has 0 unspecified atom stereocenters. The average molecular weight is 635 g/mol. The number of esters is 1. The number of ether oxygens (including phenoxy) is 3. The first kappa shape index (κ1) is 32.0. The van der Waals surface area contributed by atoms with Crippen molar-refractivity contribution in [2.45, 2.75) is 19.9 Å². The Hall–Kier alpha value is -5.90. The summed E-state index contributed by atoms with van der Waals surface area (Å²) in [5.74, 6) is -0.904. The summed E-state index contributed by atoms with van der Waals surface area (Å²) in [5, 5.41) is 32.7. The Bertz CT molecular complexity index is 1730. The van der Waals surface area contributed by atoms with Crippen molar-refractivity contribution in [3.05, 3.63) is 109 Å². The second-order valence-corrected chi connectivity index (χ2v) is 9.62. The van der Waals surface area contributed by atoms with Gasteiger partial charge in [0, 0.05) is 22.9 Å². The van der Waals surface area contributed by atoms with E-state index in [-0.39, 0.29) is 18.1 Å². The number of hydrogen-bond acceptors (Lipinski definition) is 11. The Morgan fingerprint density at radius 2 is 1.73 bits per heavy atom. The number of para-hydroxylation sites is 2. The Labute approximate surface area is 261 Å². The van der Waals surface area contributed by atoms with Crippen LogP contribution in [-0.2, 0) is 14.3 Å². The van der Waals surface area contributed by atoms with Gasteiger partial charge < -0.3 is 24.8 Å². The van der Waals surface area contributed by atoms with Crippen molar-refractivity contribution in [1.29, 1.82) is 0 Å². The second-order valence-electron chi connectivity index (χ2n) is 9.22. The van der Waals surface area contributed by atoms with E-state index in [2.05, 4.69) is 21.2 Å². The number of amides is 1. The van der Waals surface area contributed by atoms with Crippen LogP contribution in [0.5, 0.6) is 17.2 Å². The standard InChI is InChI=1S/C29H26N6O9S/c1-3-42-28(37)26-17(2)31-29(45)32-27(26)20-9-5-7-11-23(20)43-16-25(36)33-30-15-18-8-4-6-10-22(18)44-24-13-12-19(34(38)39)14-21(24)35(40)41/h4-15,27H,3,16H2,1-2H3,(H,33,36)(H2,31,32,45)/t27-/m1/s1. The summed E-state index contributed by atoms with van der Waals surface area (Å²) >= 11 is 5.29. The van der Waals surface area contributed by atoms with Gasteiger partial charge in [0.05, 0.1) is 40.3 Å². The maximum Gasteiger partial charge on any atom is 0.338 e. The minimum absolute atomic E-state index is 0.144. The highest BCUT2D eigenvalue weighted by molar-refractivity contribution is 7.80. The van der Waals surface area contributed by atoms with E-state index in [1.54, 1.807) is 56.3 Å². The minimum atomic E-state index is -0.790. The largest absolute Gasteiger partial charge is 0.483 e. The molecule has 45 heavy (non-hydrogen) atoms. The molecule has 0 saturated carbocycles. The van der Waals surface area contributed by atoms with Crippen LogP contribution in [0.2, 0.25) is 0 Å². The third-order valence-corrected chi connectivity index (χ3v) is 6.46. The molecule has 0 spiro atoms. The van der Waals surface area contributed by atoms with Crippen LogP contribution in [0.4, 0.5) is 11.4 Å². The predicted octanol–water partition coefficient (Wildman–Crippen LogP) is 4.18. The van der Waals surface area contributed by atoms with Crippen molar-refractivity contribution < 1.29 is 33.6 Å². The first-order valence-corrected chi connectivity index (χ1v) is 13.7. The lowest BCUT2D eigenvalue weighted by atomic mass is 9.95. The number of thiocarbonyl (C=S) groups is 1. The molecule has 1 aliphatic rings. The molecule has 15 nitrogen and oxygen atoms in total. The van der Waals surface area contributed by atoms with Gasteiger partial charge in [-0.1, -0.05) is 30.3 Å². The molecule has 3 aromatic carbocycles. The molecule has 0 fully saturated rings. The topological polar surface area (TPSA) is 197 Å². The van der Waals surface area contributed by atoms with Crippen molar-refractivity contribution in [3.63, 3.8) is 0 Å². The van der Waals surface area contributed by atoms with Crippen molar-refractivity contribution in [2.24, 2.45) is 5.10 Å². The van der Waals surface area contributed by atoms with Gasteiger partial charge in [0.25, 0.3) is 11.6 Å². The molecule has 1 atom stereocenters. The van der Waals surface area contributed by atoms with Gasteiger partial charge in [-0.3, -0.25) is 25.0 Å². The van der Waals surface area contributed by atoms with Gasteiger partial charge in [0.1, 0.15) is 11.5 Å². The summed E-state index contributed by atoms with van der Waals surface area (Å²) in [6.07, 6.45) is 1.26. The number of allylic oxidation sites excluding steroid dienone is 1. The van der Waals surface area contributed by atoms with Crippen molar-refractivity contribution >= 4 is 46.8 Å². The fraction of sp³-hybridized carbons (Fsp3) is 0.172. The number of carbonyl (C=O) groups excluding carboxylic acids is 2. The Balaban J connectivity index is 1.45. The summed E-state index contributed by atoms with van der Waals surface area (Å²) in [4.78, 5) is 46.3. The number of nitro benzene ring substituents is 2. The molecule has 0 bridgehead atoms. The maximum atomic E-state index is 12.7. The summed E-state index contributed by atoms with van der Waals surface area (Å²) in [6.45, 7) is 3.15. The molecular weight excluding hydrogens is 608 g/mol. The smallest absolute Gasteiger partial charge is 0.338 e. The quantitative estimate of drug-likeness (QED) is 0.0846. The number of hydrogen-bond donors (Lipinski definition) is 3.